The normalized spacial score (nSPS) is 11.5. The Labute approximate surface area is 182 Å². The van der Waals surface area contributed by atoms with Crippen molar-refractivity contribution in [2.24, 2.45) is 0 Å². The Morgan fingerprint density at radius 3 is 1.48 bits per heavy atom. The zero-order valence-electron chi connectivity index (χ0n) is 17.7. The lowest BCUT2D eigenvalue weighted by atomic mass is 9.92. The molecule has 0 fully saturated rings. The van der Waals surface area contributed by atoms with Crippen LogP contribution in [-0.2, 0) is 6.18 Å². The van der Waals surface area contributed by atoms with Crippen molar-refractivity contribution in [1.82, 2.24) is 5.32 Å². The number of nitrogens with one attached hydrogen (secondary N) is 1. The number of unbranched alkanes of at least 4 members (excludes halogenated alkanes) is 3. The first-order valence-electron chi connectivity index (χ1n) is 9.64. The molecule has 0 aliphatic carbocycles. The van der Waals surface area contributed by atoms with Gasteiger partial charge in [-0.25, -0.2) is 35.1 Å². The highest BCUT2D eigenvalue weighted by Crippen LogP contribution is 2.45. The average Bonchev–Trinajstić information content (AvgIpc) is 2.75. The molecule has 12 heteroatoms. The molecule has 0 aromatic heterocycles. The lowest BCUT2D eigenvalue weighted by Gasteiger charge is -2.19. The summed E-state index contributed by atoms with van der Waals surface area (Å²) in [5.41, 5.74) is -8.45. The quantitative estimate of drug-likeness (QED) is 0.189. The maximum Gasteiger partial charge on any atom is 0.419 e. The third-order valence-corrected chi connectivity index (χ3v) is 4.58. The van der Waals surface area contributed by atoms with Gasteiger partial charge in [0, 0.05) is 5.56 Å². The fourth-order valence-corrected chi connectivity index (χ4v) is 2.91. The molecule has 1 nitrogen and oxygen atoms in total. The molecule has 1 N–H and O–H groups in total. The standard InChI is InChI=1S/C14H3F11.C7H17N/c1-2-3(4-7(16)11(20)13(22)12(21)8(4)17)5(14(23,24)25)9(18)10(19)6(2)15;1-3-4-5-6-7-8-2/h1H3;8H,3-7H2,1-2H3. The van der Waals surface area contributed by atoms with Crippen molar-refractivity contribution in [1.29, 1.82) is 0 Å². The Hall–Kier alpha value is -2.37. The van der Waals surface area contributed by atoms with Crippen LogP contribution in [0.2, 0.25) is 0 Å². The fourth-order valence-electron chi connectivity index (χ4n) is 2.91. The molecular weight excluding hydrogens is 475 g/mol. The third-order valence-electron chi connectivity index (χ3n) is 4.58. The van der Waals surface area contributed by atoms with Crippen LogP contribution in [-0.4, -0.2) is 13.6 Å². The zero-order valence-corrected chi connectivity index (χ0v) is 17.7. The van der Waals surface area contributed by atoms with Gasteiger partial charge in [0.05, 0.1) is 5.56 Å². The summed E-state index contributed by atoms with van der Waals surface area (Å²) in [6, 6.07) is 0. The Morgan fingerprint density at radius 1 is 0.606 bits per heavy atom. The number of rotatable bonds is 6. The van der Waals surface area contributed by atoms with Crippen molar-refractivity contribution >= 4 is 0 Å². The van der Waals surface area contributed by atoms with Gasteiger partial charge in [0.2, 0.25) is 5.82 Å². The van der Waals surface area contributed by atoms with E-state index in [9.17, 15) is 48.3 Å². The minimum absolute atomic E-state index is 0.362. The summed E-state index contributed by atoms with van der Waals surface area (Å²) < 4.78 is 146. The first-order valence-corrected chi connectivity index (χ1v) is 9.64. The third kappa shape index (κ3) is 6.15. The second-order valence-corrected chi connectivity index (χ2v) is 6.92. The minimum atomic E-state index is -5.83. The van der Waals surface area contributed by atoms with E-state index in [0.29, 0.717) is 6.92 Å². The highest BCUT2D eigenvalue weighted by molar-refractivity contribution is 5.73. The molecule has 0 amide bonds. The molecular formula is C21H20F11N. The predicted molar refractivity (Wildman–Crippen MR) is 99.3 cm³/mol. The molecule has 2 aromatic carbocycles. The first kappa shape index (κ1) is 28.7. The highest BCUT2D eigenvalue weighted by Gasteiger charge is 2.43. The Morgan fingerprint density at radius 2 is 1.06 bits per heavy atom. The van der Waals surface area contributed by atoms with E-state index in [1.807, 2.05) is 7.05 Å². The van der Waals surface area contributed by atoms with E-state index in [4.69, 9.17) is 0 Å². The summed E-state index contributed by atoms with van der Waals surface area (Å²) in [6.45, 7) is 3.78. The molecule has 2 rings (SSSR count). The van der Waals surface area contributed by atoms with Gasteiger partial charge < -0.3 is 5.32 Å². The molecule has 33 heavy (non-hydrogen) atoms. The van der Waals surface area contributed by atoms with Gasteiger partial charge in [-0.2, -0.15) is 13.2 Å². The van der Waals surface area contributed by atoms with Gasteiger partial charge in [-0.15, -0.1) is 0 Å². The lowest BCUT2D eigenvalue weighted by molar-refractivity contribution is -0.139. The van der Waals surface area contributed by atoms with E-state index < -0.39 is 75.0 Å². The van der Waals surface area contributed by atoms with Crippen LogP contribution in [0.4, 0.5) is 48.3 Å². The van der Waals surface area contributed by atoms with Crippen LogP contribution in [0.3, 0.4) is 0 Å². The minimum Gasteiger partial charge on any atom is -0.320 e. The van der Waals surface area contributed by atoms with Gasteiger partial charge in [0.15, 0.2) is 40.7 Å². The number of hydrogen-bond acceptors (Lipinski definition) is 1. The van der Waals surface area contributed by atoms with E-state index >= 15 is 0 Å². The van der Waals surface area contributed by atoms with Crippen LogP contribution >= 0.6 is 0 Å². The van der Waals surface area contributed by atoms with Crippen molar-refractivity contribution in [3.8, 4) is 11.1 Å². The smallest absolute Gasteiger partial charge is 0.320 e. The Balaban J connectivity index is 0.000000582. The zero-order chi connectivity index (χ0) is 25.7. The van der Waals surface area contributed by atoms with Crippen molar-refractivity contribution < 1.29 is 48.3 Å². The second kappa shape index (κ2) is 11.7. The summed E-state index contributed by atoms with van der Waals surface area (Å²) in [4.78, 5) is 0. The van der Waals surface area contributed by atoms with Crippen molar-refractivity contribution in [2.45, 2.75) is 45.7 Å². The molecule has 0 heterocycles. The van der Waals surface area contributed by atoms with Gasteiger partial charge in [-0.1, -0.05) is 26.2 Å². The molecule has 186 valence electrons. The molecule has 0 bridgehead atoms. The molecule has 0 saturated carbocycles. The van der Waals surface area contributed by atoms with E-state index in [-0.39, 0.29) is 0 Å². The predicted octanol–water partition coefficient (Wildman–Crippen LogP) is 7.58. The SMILES string of the molecule is CCCCCCNC.Cc1c(F)c(F)c(F)c(C(F)(F)F)c1-c1c(F)c(F)c(F)c(F)c1F. The van der Waals surface area contributed by atoms with Crippen LogP contribution in [0.1, 0.15) is 43.7 Å². The number of benzene rings is 2. The summed E-state index contributed by atoms with van der Waals surface area (Å²) in [7, 11) is 2.01. The Kier molecular flexibility index (Phi) is 10.1. The maximum atomic E-state index is 13.8. The van der Waals surface area contributed by atoms with E-state index in [2.05, 4.69) is 12.2 Å². The van der Waals surface area contributed by atoms with E-state index in [1.54, 1.807) is 0 Å². The van der Waals surface area contributed by atoms with Gasteiger partial charge in [-0.3, -0.25) is 0 Å². The fraction of sp³-hybridized carbons (Fsp3) is 0.429. The number of halogens is 11. The first-order chi connectivity index (χ1) is 15.2. The summed E-state index contributed by atoms with van der Waals surface area (Å²) >= 11 is 0. The van der Waals surface area contributed by atoms with Crippen molar-refractivity contribution in [2.75, 3.05) is 13.6 Å². The molecule has 2 aromatic rings. The van der Waals surface area contributed by atoms with Crippen LogP contribution in [0, 0.1) is 53.5 Å². The lowest BCUT2D eigenvalue weighted by Crippen LogP contribution is -2.17. The van der Waals surface area contributed by atoms with E-state index in [1.165, 1.54) is 32.2 Å². The summed E-state index contributed by atoms with van der Waals surface area (Å²) in [5.74, 6) is -21.2. The Bertz CT molecular complexity index is 949. The van der Waals surface area contributed by atoms with Gasteiger partial charge >= 0.3 is 6.18 Å². The van der Waals surface area contributed by atoms with Crippen LogP contribution < -0.4 is 5.32 Å². The van der Waals surface area contributed by atoms with Crippen LogP contribution in [0.5, 0.6) is 0 Å². The second-order valence-electron chi connectivity index (χ2n) is 6.92. The molecule has 0 radical (unpaired) electrons. The number of hydrogen-bond donors (Lipinski definition) is 1. The summed E-state index contributed by atoms with van der Waals surface area (Å²) in [6.07, 6.45) is -0.383. The molecule has 0 aliphatic heterocycles. The highest BCUT2D eigenvalue weighted by atomic mass is 19.4. The van der Waals surface area contributed by atoms with Crippen LogP contribution in [0.25, 0.3) is 11.1 Å². The monoisotopic (exact) mass is 495 g/mol. The molecule has 0 saturated heterocycles. The number of alkyl halides is 3. The molecule has 0 atom stereocenters. The molecule has 0 unspecified atom stereocenters. The molecule has 0 aliphatic rings. The molecule has 0 spiro atoms. The van der Waals surface area contributed by atoms with Gasteiger partial charge in [0.25, 0.3) is 0 Å². The summed E-state index contributed by atoms with van der Waals surface area (Å²) in [5, 5.41) is 3.13. The van der Waals surface area contributed by atoms with Gasteiger partial charge in [-0.05, 0) is 32.5 Å². The maximum absolute atomic E-state index is 13.8. The largest absolute Gasteiger partial charge is 0.419 e. The van der Waals surface area contributed by atoms with E-state index in [0.717, 1.165) is 0 Å². The van der Waals surface area contributed by atoms with Gasteiger partial charge in [0.1, 0.15) is 5.56 Å². The van der Waals surface area contributed by atoms with Crippen molar-refractivity contribution in [3.05, 3.63) is 57.7 Å². The van der Waals surface area contributed by atoms with Crippen molar-refractivity contribution in [3.63, 3.8) is 0 Å². The average molecular weight is 495 g/mol. The van der Waals surface area contributed by atoms with Crippen LogP contribution in [0.15, 0.2) is 0 Å². The topological polar surface area (TPSA) is 12.0 Å².